The molecule has 0 fully saturated rings. The lowest BCUT2D eigenvalue weighted by atomic mass is 10.1. The third kappa shape index (κ3) is 5.66. The third-order valence-electron chi connectivity index (χ3n) is 3.66. The first kappa shape index (κ1) is 23.5. The van der Waals surface area contributed by atoms with E-state index in [9.17, 15) is 27.4 Å². The number of carbonyl (C=O) groups is 1. The van der Waals surface area contributed by atoms with Crippen LogP contribution in [0.4, 0.5) is 11.5 Å². The van der Waals surface area contributed by atoms with Gasteiger partial charge in [-0.05, 0) is 25.1 Å². The predicted molar refractivity (Wildman–Crippen MR) is 99.8 cm³/mol. The monoisotopic (exact) mass is 461 g/mol. The number of aromatic hydroxyl groups is 1. The number of aldehydes is 1. The molecule has 1 heterocycles. The van der Waals surface area contributed by atoms with E-state index in [1.54, 1.807) is 0 Å². The van der Waals surface area contributed by atoms with Gasteiger partial charge in [-0.2, -0.15) is 8.42 Å². The summed E-state index contributed by atoms with van der Waals surface area (Å²) in [5, 5.41) is 17.6. The van der Waals surface area contributed by atoms with E-state index in [2.05, 4.69) is 19.7 Å². The van der Waals surface area contributed by atoms with Gasteiger partial charge >= 0.3 is 7.82 Å². The molecular formula is C15H16N3O10PS. The predicted octanol–water partition coefficient (Wildman–Crippen LogP) is 2.19. The van der Waals surface area contributed by atoms with Crippen molar-refractivity contribution in [2.45, 2.75) is 18.4 Å². The van der Waals surface area contributed by atoms with Crippen LogP contribution < -0.4 is 4.74 Å². The minimum Gasteiger partial charge on any atom is -0.505 e. The zero-order chi connectivity index (χ0) is 22.7. The SMILES string of the molecule is COc1ccc(S(=O)(=O)O)cc1N=Nc1nc(C)c(O)c(C=O)c1COP(=O)(O)O. The van der Waals surface area contributed by atoms with Crippen LogP contribution in [0.15, 0.2) is 33.3 Å². The quantitative estimate of drug-likeness (QED) is 0.194. The number of pyridine rings is 1. The largest absolute Gasteiger partial charge is 0.505 e. The summed E-state index contributed by atoms with van der Waals surface area (Å²) in [6.45, 7) is 0.504. The molecule has 2 aromatic rings. The highest BCUT2D eigenvalue weighted by Gasteiger charge is 2.22. The fraction of sp³-hybridized carbons (Fsp3) is 0.200. The van der Waals surface area contributed by atoms with Crippen LogP contribution >= 0.6 is 7.82 Å². The molecule has 4 N–H and O–H groups in total. The van der Waals surface area contributed by atoms with Gasteiger partial charge in [-0.3, -0.25) is 13.9 Å². The first-order valence-corrected chi connectivity index (χ1v) is 10.8. The molecule has 1 aromatic carbocycles. The van der Waals surface area contributed by atoms with Gasteiger partial charge in [0.05, 0.1) is 29.9 Å². The number of phosphoric ester groups is 1. The van der Waals surface area contributed by atoms with Crippen molar-refractivity contribution in [2.75, 3.05) is 7.11 Å². The number of aromatic nitrogens is 1. The lowest BCUT2D eigenvalue weighted by Crippen LogP contribution is -2.01. The van der Waals surface area contributed by atoms with Crippen molar-refractivity contribution in [1.29, 1.82) is 0 Å². The number of rotatable bonds is 8. The Balaban J connectivity index is 2.62. The molecule has 0 aliphatic carbocycles. The smallest absolute Gasteiger partial charge is 0.469 e. The van der Waals surface area contributed by atoms with Crippen LogP contribution in [0.25, 0.3) is 0 Å². The number of carbonyl (C=O) groups excluding carboxylic acids is 1. The summed E-state index contributed by atoms with van der Waals surface area (Å²) in [4.78, 5) is 32.6. The van der Waals surface area contributed by atoms with Crippen LogP contribution in [-0.4, -0.2) is 46.2 Å². The molecular weight excluding hydrogens is 445 g/mol. The van der Waals surface area contributed by atoms with Crippen molar-refractivity contribution in [3.8, 4) is 11.5 Å². The molecule has 0 saturated heterocycles. The average molecular weight is 461 g/mol. The van der Waals surface area contributed by atoms with Gasteiger partial charge in [-0.25, -0.2) is 9.55 Å². The topological polar surface area (TPSA) is 205 Å². The summed E-state index contributed by atoms with van der Waals surface area (Å²) >= 11 is 0. The number of methoxy groups -OCH3 is 1. The second-order valence-electron chi connectivity index (χ2n) is 5.65. The highest BCUT2D eigenvalue weighted by Crippen LogP contribution is 2.40. The molecule has 15 heteroatoms. The van der Waals surface area contributed by atoms with Crippen LogP contribution in [0.3, 0.4) is 0 Å². The summed E-state index contributed by atoms with van der Waals surface area (Å²) in [5.74, 6) is -0.801. The molecule has 0 unspecified atom stereocenters. The Morgan fingerprint density at radius 3 is 2.47 bits per heavy atom. The van der Waals surface area contributed by atoms with Crippen molar-refractivity contribution in [2.24, 2.45) is 10.2 Å². The van der Waals surface area contributed by atoms with E-state index in [0.717, 1.165) is 12.1 Å². The van der Waals surface area contributed by atoms with E-state index in [1.807, 2.05) is 0 Å². The molecule has 0 aliphatic heterocycles. The Bertz CT molecular complexity index is 1160. The maximum atomic E-state index is 11.4. The summed E-state index contributed by atoms with van der Waals surface area (Å²) in [6.07, 6.45) is 0.223. The number of hydrogen-bond acceptors (Lipinski definition) is 10. The maximum Gasteiger partial charge on any atom is 0.469 e. The van der Waals surface area contributed by atoms with Crippen LogP contribution in [0.5, 0.6) is 11.5 Å². The molecule has 13 nitrogen and oxygen atoms in total. The van der Waals surface area contributed by atoms with Crippen LogP contribution in [0.2, 0.25) is 0 Å². The number of phosphoric acid groups is 1. The number of aryl methyl sites for hydroxylation is 1. The summed E-state index contributed by atoms with van der Waals surface area (Å²) in [5.41, 5.74) is -0.826. The first-order valence-electron chi connectivity index (χ1n) is 7.82. The summed E-state index contributed by atoms with van der Waals surface area (Å²) in [7, 11) is -8.21. The van der Waals surface area contributed by atoms with E-state index in [0.29, 0.717) is 0 Å². The molecule has 162 valence electrons. The molecule has 30 heavy (non-hydrogen) atoms. The van der Waals surface area contributed by atoms with Crippen molar-refractivity contribution < 1.29 is 46.5 Å². The molecule has 0 bridgehead atoms. The standard InChI is InChI=1S/C15H16N3O10PS/c1-8-14(20)10(6-19)11(7-28-29(21,22)23)15(16-8)18-17-12-5-9(30(24,25)26)3-4-13(12)27-2/h3-6,20H,7H2,1-2H3,(H2,21,22,23)(H,24,25,26). The molecule has 0 saturated carbocycles. The fourth-order valence-electron chi connectivity index (χ4n) is 2.25. The number of azo groups is 1. The van der Waals surface area contributed by atoms with Crippen LogP contribution in [-0.2, 0) is 25.8 Å². The normalized spacial score (nSPS) is 12.3. The van der Waals surface area contributed by atoms with Gasteiger partial charge < -0.3 is 19.6 Å². The van der Waals surface area contributed by atoms with Crippen molar-refractivity contribution in [1.82, 2.24) is 4.98 Å². The number of ether oxygens (including phenoxy) is 1. The molecule has 0 aliphatic rings. The highest BCUT2D eigenvalue weighted by atomic mass is 32.2. The Hall–Kier alpha value is -2.74. The van der Waals surface area contributed by atoms with E-state index >= 15 is 0 Å². The van der Waals surface area contributed by atoms with Gasteiger partial charge in [0.2, 0.25) is 0 Å². The van der Waals surface area contributed by atoms with Gasteiger partial charge in [-0.1, -0.05) is 0 Å². The Morgan fingerprint density at radius 1 is 1.27 bits per heavy atom. The van der Waals surface area contributed by atoms with E-state index < -0.39 is 35.2 Å². The van der Waals surface area contributed by atoms with Gasteiger partial charge in [0, 0.05) is 5.56 Å². The first-order chi connectivity index (χ1) is 13.9. The molecule has 0 radical (unpaired) electrons. The molecule has 1 aromatic heterocycles. The molecule has 2 rings (SSSR count). The van der Waals surface area contributed by atoms with Crippen LogP contribution in [0.1, 0.15) is 21.6 Å². The third-order valence-corrected chi connectivity index (χ3v) is 4.98. The lowest BCUT2D eigenvalue weighted by Gasteiger charge is -2.12. The Kier molecular flexibility index (Phi) is 7.02. The van der Waals surface area contributed by atoms with Gasteiger partial charge in [-0.15, -0.1) is 10.2 Å². The van der Waals surface area contributed by atoms with Crippen molar-refractivity contribution in [3.63, 3.8) is 0 Å². The minimum atomic E-state index is -4.94. The van der Waals surface area contributed by atoms with Crippen molar-refractivity contribution in [3.05, 3.63) is 35.0 Å². The lowest BCUT2D eigenvalue weighted by molar-refractivity contribution is 0.111. The zero-order valence-electron chi connectivity index (χ0n) is 15.5. The second-order valence-corrected chi connectivity index (χ2v) is 8.31. The highest BCUT2D eigenvalue weighted by molar-refractivity contribution is 7.85. The number of benzene rings is 1. The zero-order valence-corrected chi connectivity index (χ0v) is 17.2. The summed E-state index contributed by atoms with van der Waals surface area (Å²) < 4.78 is 52.3. The number of nitrogens with zero attached hydrogens (tertiary/aromatic N) is 3. The molecule has 0 atom stereocenters. The number of hydrogen-bond donors (Lipinski definition) is 4. The molecule has 0 amide bonds. The van der Waals surface area contributed by atoms with Gasteiger partial charge in [0.1, 0.15) is 17.2 Å². The van der Waals surface area contributed by atoms with Gasteiger partial charge in [0.15, 0.2) is 12.1 Å². The minimum absolute atomic E-state index is 0.0374. The fourth-order valence-corrected chi connectivity index (χ4v) is 3.05. The van der Waals surface area contributed by atoms with E-state index in [-0.39, 0.29) is 40.4 Å². The van der Waals surface area contributed by atoms with E-state index in [1.165, 1.54) is 20.1 Å². The Labute approximate surface area is 170 Å². The van der Waals surface area contributed by atoms with Crippen molar-refractivity contribution >= 4 is 35.7 Å². The maximum absolute atomic E-state index is 11.4. The molecule has 0 spiro atoms. The second kappa shape index (κ2) is 8.95. The Morgan fingerprint density at radius 2 is 1.93 bits per heavy atom. The van der Waals surface area contributed by atoms with Crippen LogP contribution in [0, 0.1) is 6.92 Å². The summed E-state index contributed by atoms with van der Waals surface area (Å²) in [6, 6.07) is 3.24. The van der Waals surface area contributed by atoms with E-state index in [4.69, 9.17) is 14.5 Å². The average Bonchev–Trinajstić information content (AvgIpc) is 2.65. The van der Waals surface area contributed by atoms with Gasteiger partial charge in [0.25, 0.3) is 10.1 Å².